The third-order valence-electron chi connectivity index (χ3n) is 3.85. The minimum atomic E-state index is -4.56. The summed E-state index contributed by atoms with van der Waals surface area (Å²) in [6.07, 6.45) is -3.17. The number of carbonyl (C=O) groups excluding carboxylic acids is 1. The number of alkyl halides is 3. The second kappa shape index (κ2) is 7.09. The molecule has 136 valence electrons. The normalized spacial score (nSPS) is 14.9. The lowest BCUT2D eigenvalue weighted by molar-refractivity contribution is -0.136. The van der Waals surface area contributed by atoms with E-state index in [9.17, 15) is 18.0 Å². The molecule has 26 heavy (non-hydrogen) atoms. The number of halogens is 3. The average molecular weight is 363 g/mol. The molecule has 0 spiro atoms. The van der Waals surface area contributed by atoms with Gasteiger partial charge in [0, 0.05) is 35.4 Å². The van der Waals surface area contributed by atoms with Gasteiger partial charge in [-0.3, -0.25) is 4.79 Å². The highest BCUT2D eigenvalue weighted by Gasteiger charge is 2.33. The Morgan fingerprint density at radius 3 is 2.65 bits per heavy atom. The van der Waals surface area contributed by atoms with Crippen LogP contribution in [0.1, 0.15) is 11.1 Å². The maximum Gasteiger partial charge on any atom is 0.418 e. The first kappa shape index (κ1) is 17.8. The van der Waals surface area contributed by atoms with Crippen molar-refractivity contribution in [2.24, 2.45) is 0 Å². The van der Waals surface area contributed by atoms with E-state index in [1.165, 1.54) is 18.3 Å². The zero-order valence-electron chi connectivity index (χ0n) is 13.5. The number of nitrogens with one attached hydrogen (secondary N) is 3. The summed E-state index contributed by atoms with van der Waals surface area (Å²) in [7, 11) is 0. The van der Waals surface area contributed by atoms with Gasteiger partial charge in [0.05, 0.1) is 17.7 Å². The number of carbonyl (C=O) groups is 1. The third-order valence-corrected chi connectivity index (χ3v) is 3.85. The number of benzene rings is 2. The maximum absolute atomic E-state index is 13.2. The second-order valence-electron chi connectivity index (χ2n) is 5.61. The molecule has 0 aliphatic carbocycles. The van der Waals surface area contributed by atoms with E-state index in [2.05, 4.69) is 16.0 Å². The molecule has 0 radical (unpaired) electrons. The van der Waals surface area contributed by atoms with Crippen molar-refractivity contribution in [3.63, 3.8) is 0 Å². The smallest absolute Gasteiger partial charge is 0.395 e. The van der Waals surface area contributed by atoms with Crippen molar-refractivity contribution in [3.05, 3.63) is 59.8 Å². The number of hydrogen-bond acceptors (Lipinski definition) is 4. The van der Waals surface area contributed by atoms with Crippen molar-refractivity contribution >= 4 is 28.5 Å². The minimum absolute atomic E-state index is 0.0108. The minimum Gasteiger partial charge on any atom is -0.395 e. The van der Waals surface area contributed by atoms with Gasteiger partial charge >= 0.3 is 6.18 Å². The molecule has 2 aromatic carbocycles. The first-order valence-electron chi connectivity index (χ1n) is 7.83. The van der Waals surface area contributed by atoms with Gasteiger partial charge in [-0.1, -0.05) is 18.2 Å². The molecule has 2 aromatic rings. The molecule has 0 saturated carbocycles. The molecule has 0 saturated heterocycles. The number of hydrogen-bond donors (Lipinski definition) is 4. The van der Waals surface area contributed by atoms with Crippen LogP contribution in [-0.4, -0.2) is 24.2 Å². The van der Waals surface area contributed by atoms with Crippen LogP contribution in [0.4, 0.5) is 30.2 Å². The number of fused-ring (bicyclic) bond motifs is 1. The number of anilines is 3. The van der Waals surface area contributed by atoms with Crippen LogP contribution in [0.5, 0.6) is 0 Å². The molecule has 3 rings (SSSR count). The van der Waals surface area contributed by atoms with Crippen molar-refractivity contribution in [3.8, 4) is 0 Å². The fourth-order valence-electron chi connectivity index (χ4n) is 2.65. The molecular weight excluding hydrogens is 347 g/mol. The first-order valence-corrected chi connectivity index (χ1v) is 7.83. The molecule has 0 atom stereocenters. The van der Waals surface area contributed by atoms with E-state index in [1.807, 2.05) is 0 Å². The summed E-state index contributed by atoms with van der Waals surface area (Å²) < 4.78 is 39.7. The number of aliphatic hydroxyl groups excluding tert-OH is 1. The highest BCUT2D eigenvalue weighted by Crippen LogP contribution is 2.37. The van der Waals surface area contributed by atoms with Crippen LogP contribution in [0, 0.1) is 0 Å². The van der Waals surface area contributed by atoms with Gasteiger partial charge in [-0.25, -0.2) is 0 Å². The van der Waals surface area contributed by atoms with E-state index in [1.54, 1.807) is 24.3 Å². The van der Waals surface area contributed by atoms with E-state index in [4.69, 9.17) is 5.11 Å². The molecule has 0 bridgehead atoms. The van der Waals surface area contributed by atoms with Crippen LogP contribution < -0.4 is 16.0 Å². The summed E-state index contributed by atoms with van der Waals surface area (Å²) in [5.74, 6) is -0.323. The SMILES string of the molecule is O=C1Nc2ccccc2/C1=C\Nc1ccc(NCCO)c(C(F)(F)F)c1. The Morgan fingerprint density at radius 2 is 1.92 bits per heavy atom. The Kier molecular flexibility index (Phi) is 4.85. The summed E-state index contributed by atoms with van der Waals surface area (Å²) in [5.41, 5.74) is 0.903. The zero-order chi connectivity index (χ0) is 18.7. The Labute approximate surface area is 147 Å². The molecule has 0 aromatic heterocycles. The molecule has 4 N–H and O–H groups in total. The van der Waals surface area contributed by atoms with Crippen LogP contribution in [0.3, 0.4) is 0 Å². The van der Waals surface area contributed by atoms with E-state index in [-0.39, 0.29) is 30.4 Å². The van der Waals surface area contributed by atoms with Crippen molar-refractivity contribution < 1.29 is 23.1 Å². The van der Waals surface area contributed by atoms with Crippen LogP contribution in [0.15, 0.2) is 48.7 Å². The van der Waals surface area contributed by atoms with Crippen LogP contribution in [0.2, 0.25) is 0 Å². The molecule has 1 heterocycles. The Bertz CT molecular complexity index is 863. The molecule has 5 nitrogen and oxygen atoms in total. The lowest BCUT2D eigenvalue weighted by atomic mass is 10.1. The zero-order valence-corrected chi connectivity index (χ0v) is 13.5. The van der Waals surface area contributed by atoms with Crippen molar-refractivity contribution in [2.45, 2.75) is 6.18 Å². The molecule has 8 heteroatoms. The summed E-state index contributed by atoms with van der Waals surface area (Å²) in [5, 5.41) is 16.8. The van der Waals surface area contributed by atoms with Gasteiger partial charge in [0.1, 0.15) is 0 Å². The highest BCUT2D eigenvalue weighted by atomic mass is 19.4. The fraction of sp³-hybridized carbons (Fsp3) is 0.167. The first-order chi connectivity index (χ1) is 12.4. The van der Waals surface area contributed by atoms with Gasteiger partial charge in [0.25, 0.3) is 5.91 Å². The number of aliphatic hydroxyl groups is 1. The van der Waals surface area contributed by atoms with E-state index >= 15 is 0 Å². The predicted molar refractivity (Wildman–Crippen MR) is 93.7 cm³/mol. The van der Waals surface area contributed by atoms with Gasteiger partial charge < -0.3 is 21.1 Å². The summed E-state index contributed by atoms with van der Waals surface area (Å²) >= 11 is 0. The Hall–Kier alpha value is -3.00. The molecule has 1 aliphatic heterocycles. The quantitative estimate of drug-likeness (QED) is 0.614. The molecule has 1 aliphatic rings. The maximum atomic E-state index is 13.2. The predicted octanol–water partition coefficient (Wildman–Crippen LogP) is 3.51. The molecule has 1 amide bonds. The summed E-state index contributed by atoms with van der Waals surface area (Å²) in [4.78, 5) is 12.0. The van der Waals surface area contributed by atoms with E-state index in [0.29, 0.717) is 16.8 Å². The Balaban J connectivity index is 1.88. The monoisotopic (exact) mass is 363 g/mol. The largest absolute Gasteiger partial charge is 0.418 e. The lowest BCUT2D eigenvalue weighted by Gasteiger charge is -2.15. The standard InChI is InChI=1S/C18H16F3N3O2/c19-18(20,21)14-9-11(5-6-16(14)22-7-8-25)23-10-13-12-3-1-2-4-15(12)24-17(13)26/h1-6,9-10,22-23,25H,7-8H2,(H,24,26)/b13-10+. The highest BCUT2D eigenvalue weighted by molar-refractivity contribution is 6.31. The fourth-order valence-corrected chi connectivity index (χ4v) is 2.65. The van der Waals surface area contributed by atoms with Crippen molar-refractivity contribution in [1.29, 1.82) is 0 Å². The molecule has 0 fully saturated rings. The van der Waals surface area contributed by atoms with E-state index in [0.717, 1.165) is 6.07 Å². The van der Waals surface area contributed by atoms with Gasteiger partial charge in [-0.15, -0.1) is 0 Å². The lowest BCUT2D eigenvalue weighted by Crippen LogP contribution is -2.13. The average Bonchev–Trinajstić information content (AvgIpc) is 2.93. The number of amides is 1. The summed E-state index contributed by atoms with van der Waals surface area (Å²) in [6, 6.07) is 10.8. The Morgan fingerprint density at radius 1 is 1.15 bits per heavy atom. The van der Waals surface area contributed by atoms with E-state index < -0.39 is 11.7 Å². The number of para-hydroxylation sites is 1. The molecular formula is C18H16F3N3O2. The van der Waals surface area contributed by atoms with Gasteiger partial charge in [-0.2, -0.15) is 13.2 Å². The second-order valence-corrected chi connectivity index (χ2v) is 5.61. The number of rotatable bonds is 5. The third kappa shape index (κ3) is 3.65. The topological polar surface area (TPSA) is 73.4 Å². The van der Waals surface area contributed by atoms with Crippen molar-refractivity contribution in [2.75, 3.05) is 29.1 Å². The van der Waals surface area contributed by atoms with Crippen LogP contribution in [-0.2, 0) is 11.0 Å². The van der Waals surface area contributed by atoms with Crippen molar-refractivity contribution in [1.82, 2.24) is 0 Å². The van der Waals surface area contributed by atoms with Crippen LogP contribution in [0.25, 0.3) is 5.57 Å². The summed E-state index contributed by atoms with van der Waals surface area (Å²) in [6.45, 7) is -0.269. The molecule has 0 unspecified atom stereocenters. The van der Waals surface area contributed by atoms with Crippen LogP contribution >= 0.6 is 0 Å². The van der Waals surface area contributed by atoms with Gasteiger partial charge in [0.2, 0.25) is 0 Å². The van der Waals surface area contributed by atoms with Gasteiger partial charge in [0.15, 0.2) is 0 Å². The van der Waals surface area contributed by atoms with Gasteiger partial charge in [-0.05, 0) is 24.3 Å².